The monoisotopic (exact) mass is 280 g/mol. The van der Waals surface area contributed by atoms with Crippen LogP contribution in [0.4, 0.5) is 0 Å². The van der Waals surface area contributed by atoms with Crippen molar-refractivity contribution in [1.82, 2.24) is 0 Å². The number of carbonyl (C=O) groups excluding carboxylic acids is 1. The van der Waals surface area contributed by atoms with Gasteiger partial charge in [-0.1, -0.05) is 41.4 Å². The second kappa shape index (κ2) is 5.42. The fourth-order valence-corrected chi connectivity index (χ4v) is 2.06. The highest BCUT2D eigenvalue weighted by molar-refractivity contribution is 6.42. The van der Waals surface area contributed by atoms with Crippen LogP contribution in [0.15, 0.2) is 36.4 Å². The summed E-state index contributed by atoms with van der Waals surface area (Å²) in [5.74, 6) is 0.536. The second-order valence-corrected chi connectivity index (χ2v) is 4.48. The standard InChI is InChI=1S/C14H10Cl2O2/c1-18-14-4-2-3-10(11(14)8-17)9-5-6-12(15)13(16)7-9/h2-8H,1H3. The van der Waals surface area contributed by atoms with Crippen molar-refractivity contribution in [3.05, 3.63) is 52.0 Å². The van der Waals surface area contributed by atoms with Crippen molar-refractivity contribution < 1.29 is 9.53 Å². The number of hydrogen-bond donors (Lipinski definition) is 0. The molecule has 0 saturated carbocycles. The molecule has 2 rings (SSSR count). The van der Waals surface area contributed by atoms with Crippen LogP contribution in [-0.2, 0) is 0 Å². The molecule has 0 bridgehead atoms. The summed E-state index contributed by atoms with van der Waals surface area (Å²) in [5, 5.41) is 0.935. The summed E-state index contributed by atoms with van der Waals surface area (Å²) in [6, 6.07) is 10.6. The van der Waals surface area contributed by atoms with E-state index >= 15 is 0 Å². The van der Waals surface area contributed by atoms with Crippen LogP contribution < -0.4 is 4.74 Å². The quantitative estimate of drug-likeness (QED) is 0.775. The first kappa shape index (κ1) is 12.9. The van der Waals surface area contributed by atoms with Gasteiger partial charge in [0.25, 0.3) is 0 Å². The maximum absolute atomic E-state index is 11.2. The average molecular weight is 281 g/mol. The summed E-state index contributed by atoms with van der Waals surface area (Å²) in [5.41, 5.74) is 2.09. The molecule has 0 aromatic heterocycles. The molecule has 2 aromatic carbocycles. The lowest BCUT2D eigenvalue weighted by Gasteiger charge is -2.10. The van der Waals surface area contributed by atoms with Gasteiger partial charge < -0.3 is 4.74 Å². The van der Waals surface area contributed by atoms with Crippen molar-refractivity contribution in [3.8, 4) is 16.9 Å². The molecule has 0 heterocycles. The lowest BCUT2D eigenvalue weighted by molar-refractivity contribution is 0.112. The number of ether oxygens (including phenoxy) is 1. The van der Waals surface area contributed by atoms with E-state index in [4.69, 9.17) is 27.9 Å². The van der Waals surface area contributed by atoms with Gasteiger partial charge in [0.2, 0.25) is 0 Å². The Balaban J connectivity index is 2.63. The number of benzene rings is 2. The van der Waals surface area contributed by atoms with E-state index in [1.165, 1.54) is 7.11 Å². The Labute approximate surface area is 115 Å². The molecule has 0 spiro atoms. The minimum atomic E-state index is 0.453. The van der Waals surface area contributed by atoms with Crippen molar-refractivity contribution in [2.45, 2.75) is 0 Å². The van der Waals surface area contributed by atoms with Gasteiger partial charge in [0.05, 0.1) is 22.7 Å². The SMILES string of the molecule is COc1cccc(-c2ccc(Cl)c(Cl)c2)c1C=O. The van der Waals surface area contributed by atoms with E-state index in [-0.39, 0.29) is 0 Å². The molecule has 0 aliphatic carbocycles. The Morgan fingerprint density at radius 1 is 1.11 bits per heavy atom. The van der Waals surface area contributed by atoms with Crippen LogP contribution in [0.3, 0.4) is 0 Å². The Morgan fingerprint density at radius 2 is 1.89 bits per heavy atom. The first-order valence-electron chi connectivity index (χ1n) is 5.25. The fourth-order valence-electron chi connectivity index (χ4n) is 1.76. The van der Waals surface area contributed by atoms with Crippen LogP contribution in [-0.4, -0.2) is 13.4 Å². The van der Waals surface area contributed by atoms with Gasteiger partial charge in [-0.3, -0.25) is 4.79 Å². The van der Waals surface area contributed by atoms with Crippen LogP contribution in [0.5, 0.6) is 5.75 Å². The summed E-state index contributed by atoms with van der Waals surface area (Å²) >= 11 is 11.9. The highest BCUT2D eigenvalue weighted by Crippen LogP contribution is 2.33. The molecule has 2 nitrogen and oxygen atoms in total. The molecule has 0 amide bonds. The number of halogens is 2. The summed E-state index contributed by atoms with van der Waals surface area (Å²) in [6.07, 6.45) is 0.774. The van der Waals surface area contributed by atoms with E-state index in [0.29, 0.717) is 21.4 Å². The largest absolute Gasteiger partial charge is 0.496 e. The van der Waals surface area contributed by atoms with Crippen LogP contribution in [0.1, 0.15) is 10.4 Å². The third-order valence-corrected chi connectivity index (χ3v) is 3.37. The van der Waals surface area contributed by atoms with Crippen molar-refractivity contribution in [1.29, 1.82) is 0 Å². The smallest absolute Gasteiger partial charge is 0.154 e. The molecule has 0 aliphatic heterocycles. The summed E-state index contributed by atoms with van der Waals surface area (Å²) in [4.78, 5) is 11.2. The van der Waals surface area contributed by atoms with Crippen LogP contribution in [0, 0.1) is 0 Å². The van der Waals surface area contributed by atoms with Crippen molar-refractivity contribution in [2.24, 2.45) is 0 Å². The molecule has 4 heteroatoms. The third kappa shape index (κ3) is 2.35. The van der Waals surface area contributed by atoms with Crippen LogP contribution in [0.25, 0.3) is 11.1 Å². The predicted molar refractivity (Wildman–Crippen MR) is 73.8 cm³/mol. The van der Waals surface area contributed by atoms with Crippen molar-refractivity contribution in [3.63, 3.8) is 0 Å². The molecule has 0 radical (unpaired) electrons. The molecule has 2 aromatic rings. The fraction of sp³-hybridized carbons (Fsp3) is 0.0714. The molecule has 0 fully saturated rings. The minimum Gasteiger partial charge on any atom is -0.496 e. The van der Waals surface area contributed by atoms with Crippen LogP contribution >= 0.6 is 23.2 Å². The minimum absolute atomic E-state index is 0.453. The Kier molecular flexibility index (Phi) is 3.90. The van der Waals surface area contributed by atoms with E-state index in [0.717, 1.165) is 17.4 Å². The van der Waals surface area contributed by atoms with Gasteiger partial charge in [-0.15, -0.1) is 0 Å². The van der Waals surface area contributed by atoms with E-state index in [1.807, 2.05) is 18.2 Å². The summed E-state index contributed by atoms with van der Waals surface area (Å²) in [6.45, 7) is 0. The number of hydrogen-bond acceptors (Lipinski definition) is 2. The van der Waals surface area contributed by atoms with Gasteiger partial charge >= 0.3 is 0 Å². The zero-order valence-electron chi connectivity index (χ0n) is 9.61. The Hall–Kier alpha value is -1.51. The van der Waals surface area contributed by atoms with Crippen molar-refractivity contribution >= 4 is 29.5 Å². The van der Waals surface area contributed by atoms with Gasteiger partial charge in [-0.2, -0.15) is 0 Å². The van der Waals surface area contributed by atoms with Gasteiger partial charge in [0, 0.05) is 0 Å². The zero-order valence-corrected chi connectivity index (χ0v) is 11.1. The first-order chi connectivity index (χ1) is 8.67. The van der Waals surface area contributed by atoms with Gasteiger partial charge in [0.15, 0.2) is 6.29 Å². The maximum Gasteiger partial charge on any atom is 0.154 e. The van der Waals surface area contributed by atoms with Crippen LogP contribution in [0.2, 0.25) is 10.0 Å². The molecule has 0 unspecified atom stereocenters. The molecular weight excluding hydrogens is 271 g/mol. The molecule has 18 heavy (non-hydrogen) atoms. The first-order valence-corrected chi connectivity index (χ1v) is 6.00. The number of aldehydes is 1. The highest BCUT2D eigenvalue weighted by atomic mass is 35.5. The van der Waals surface area contributed by atoms with E-state index < -0.39 is 0 Å². The van der Waals surface area contributed by atoms with E-state index in [1.54, 1.807) is 18.2 Å². The third-order valence-electron chi connectivity index (χ3n) is 2.63. The van der Waals surface area contributed by atoms with Gasteiger partial charge in [0.1, 0.15) is 5.75 Å². The summed E-state index contributed by atoms with van der Waals surface area (Å²) in [7, 11) is 1.53. The summed E-state index contributed by atoms with van der Waals surface area (Å²) < 4.78 is 5.16. The van der Waals surface area contributed by atoms with E-state index in [2.05, 4.69) is 0 Å². The van der Waals surface area contributed by atoms with Crippen molar-refractivity contribution in [2.75, 3.05) is 7.11 Å². The van der Waals surface area contributed by atoms with Gasteiger partial charge in [-0.05, 0) is 29.3 Å². The Bertz CT molecular complexity index is 594. The molecule has 0 aliphatic rings. The zero-order chi connectivity index (χ0) is 13.1. The molecule has 0 atom stereocenters. The topological polar surface area (TPSA) is 26.3 Å². The Morgan fingerprint density at radius 3 is 2.50 bits per heavy atom. The van der Waals surface area contributed by atoms with Gasteiger partial charge in [-0.25, -0.2) is 0 Å². The molecule has 0 N–H and O–H groups in total. The maximum atomic E-state index is 11.2. The number of methoxy groups -OCH3 is 1. The number of rotatable bonds is 3. The lowest BCUT2D eigenvalue weighted by Crippen LogP contribution is -1.93. The van der Waals surface area contributed by atoms with E-state index in [9.17, 15) is 4.79 Å². The number of carbonyl (C=O) groups is 1. The predicted octanol–water partition coefficient (Wildman–Crippen LogP) is 4.48. The lowest BCUT2D eigenvalue weighted by atomic mass is 10.00. The molecule has 92 valence electrons. The highest BCUT2D eigenvalue weighted by Gasteiger charge is 2.11. The molecule has 0 saturated heterocycles. The molecular formula is C14H10Cl2O2. The second-order valence-electron chi connectivity index (χ2n) is 3.67. The average Bonchev–Trinajstić information content (AvgIpc) is 2.40. The normalized spacial score (nSPS) is 10.2.